The Bertz CT molecular complexity index is 680. The van der Waals surface area contributed by atoms with E-state index in [0.717, 1.165) is 37.2 Å². The summed E-state index contributed by atoms with van der Waals surface area (Å²) in [5.74, 6) is 0.738. The van der Waals surface area contributed by atoms with Crippen LogP contribution >= 0.6 is 0 Å². The van der Waals surface area contributed by atoms with E-state index >= 15 is 0 Å². The van der Waals surface area contributed by atoms with Crippen molar-refractivity contribution in [3.8, 4) is 11.5 Å². The fraction of sp³-hybridized carbons (Fsp3) is 0.444. The van der Waals surface area contributed by atoms with Crippen molar-refractivity contribution in [2.45, 2.75) is 45.2 Å². The van der Waals surface area contributed by atoms with Gasteiger partial charge in [0.05, 0.1) is 17.5 Å². The molecule has 1 aliphatic rings. The largest absolute Gasteiger partial charge is 0.463 e. The molecule has 0 radical (unpaired) electrons. The maximum Gasteiger partial charge on any atom is 0.255 e. The Morgan fingerprint density at radius 1 is 1.39 bits per heavy atom. The van der Waals surface area contributed by atoms with Crippen LogP contribution in [-0.4, -0.2) is 34.4 Å². The van der Waals surface area contributed by atoms with E-state index in [4.69, 9.17) is 10.2 Å². The number of aryl methyl sites for hydroxylation is 1. The maximum absolute atomic E-state index is 12.9. The van der Waals surface area contributed by atoms with Gasteiger partial charge in [0.15, 0.2) is 5.76 Å². The number of furan rings is 1. The van der Waals surface area contributed by atoms with Gasteiger partial charge in [-0.05, 0) is 57.4 Å². The first-order chi connectivity index (χ1) is 11.1. The lowest BCUT2D eigenvalue weighted by Gasteiger charge is -2.38. The summed E-state index contributed by atoms with van der Waals surface area (Å²) in [4.78, 5) is 19.4. The predicted molar refractivity (Wildman–Crippen MR) is 89.0 cm³/mol. The van der Waals surface area contributed by atoms with Crippen LogP contribution in [0.15, 0.2) is 34.9 Å². The van der Waals surface area contributed by atoms with Crippen molar-refractivity contribution in [2.75, 3.05) is 6.54 Å². The van der Waals surface area contributed by atoms with Gasteiger partial charge in [0.25, 0.3) is 5.91 Å². The second-order valence-corrected chi connectivity index (χ2v) is 6.23. The molecule has 0 bridgehead atoms. The average molecular weight is 313 g/mol. The van der Waals surface area contributed by atoms with E-state index in [1.807, 2.05) is 43.0 Å². The molecule has 1 amide bonds. The second-order valence-electron chi connectivity index (χ2n) is 6.23. The van der Waals surface area contributed by atoms with Crippen LogP contribution in [0, 0.1) is 6.92 Å². The third kappa shape index (κ3) is 3.15. The Labute approximate surface area is 136 Å². The van der Waals surface area contributed by atoms with Crippen molar-refractivity contribution in [3.05, 3.63) is 41.8 Å². The van der Waals surface area contributed by atoms with Gasteiger partial charge in [-0.1, -0.05) is 0 Å². The predicted octanol–water partition coefficient (Wildman–Crippen LogP) is 2.99. The Balaban J connectivity index is 1.87. The van der Waals surface area contributed by atoms with Crippen molar-refractivity contribution in [3.63, 3.8) is 0 Å². The van der Waals surface area contributed by atoms with E-state index in [2.05, 4.69) is 4.98 Å². The highest BCUT2D eigenvalue weighted by Crippen LogP contribution is 2.24. The van der Waals surface area contributed by atoms with Crippen LogP contribution in [0.5, 0.6) is 0 Å². The summed E-state index contributed by atoms with van der Waals surface area (Å²) in [6, 6.07) is 7.46. The van der Waals surface area contributed by atoms with Crippen LogP contribution < -0.4 is 5.73 Å². The number of hydrogen-bond donors (Lipinski definition) is 1. The number of amides is 1. The highest BCUT2D eigenvalue weighted by molar-refractivity contribution is 5.95. The summed E-state index contributed by atoms with van der Waals surface area (Å²) in [7, 11) is 0. The van der Waals surface area contributed by atoms with Crippen molar-refractivity contribution >= 4 is 5.91 Å². The van der Waals surface area contributed by atoms with E-state index in [9.17, 15) is 4.79 Å². The van der Waals surface area contributed by atoms with Crippen LogP contribution in [0.2, 0.25) is 0 Å². The van der Waals surface area contributed by atoms with E-state index in [1.165, 1.54) is 0 Å². The highest BCUT2D eigenvalue weighted by atomic mass is 16.3. The van der Waals surface area contributed by atoms with Crippen molar-refractivity contribution < 1.29 is 9.21 Å². The third-order valence-corrected chi connectivity index (χ3v) is 4.51. The normalized spacial score (nSPS) is 19.6. The smallest absolute Gasteiger partial charge is 0.255 e. The first-order valence-electron chi connectivity index (χ1n) is 8.16. The molecule has 0 aromatic carbocycles. The number of pyridine rings is 1. The molecule has 0 aliphatic carbocycles. The molecule has 2 aromatic heterocycles. The van der Waals surface area contributed by atoms with Gasteiger partial charge in [-0.15, -0.1) is 0 Å². The van der Waals surface area contributed by atoms with E-state index in [1.54, 1.807) is 6.26 Å². The maximum atomic E-state index is 12.9. The zero-order chi connectivity index (χ0) is 16.4. The molecule has 2 aromatic rings. The third-order valence-electron chi connectivity index (χ3n) is 4.51. The lowest BCUT2D eigenvalue weighted by molar-refractivity contribution is 0.0582. The minimum absolute atomic E-state index is 0.0186. The van der Waals surface area contributed by atoms with Gasteiger partial charge in [0, 0.05) is 18.6 Å². The molecule has 23 heavy (non-hydrogen) atoms. The fourth-order valence-corrected chi connectivity index (χ4v) is 3.26. The summed E-state index contributed by atoms with van der Waals surface area (Å²) in [5, 5.41) is 0. The first kappa shape index (κ1) is 15.7. The SMILES string of the molecule is Cc1nc(-c2ccco2)ccc1C(=O)N1CCCCC1C(C)N. The van der Waals surface area contributed by atoms with Crippen LogP contribution in [0.4, 0.5) is 0 Å². The number of carbonyl (C=O) groups excluding carboxylic acids is 1. The molecule has 1 fully saturated rings. The Hall–Kier alpha value is -2.14. The van der Waals surface area contributed by atoms with Gasteiger partial charge in [0.2, 0.25) is 0 Å². The number of likely N-dealkylation sites (tertiary alicyclic amines) is 1. The zero-order valence-electron chi connectivity index (χ0n) is 13.7. The standard InChI is InChI=1S/C18H23N3O2/c1-12(19)16-6-3-4-10-21(16)18(22)14-8-9-15(20-13(14)2)17-7-5-11-23-17/h5,7-9,11-12,16H,3-4,6,10,19H2,1-2H3. The van der Waals surface area contributed by atoms with Gasteiger partial charge in [-0.2, -0.15) is 0 Å². The van der Waals surface area contributed by atoms with Gasteiger partial charge >= 0.3 is 0 Å². The highest BCUT2D eigenvalue weighted by Gasteiger charge is 2.30. The topological polar surface area (TPSA) is 72.4 Å². The minimum atomic E-state index is -0.0186. The molecule has 2 N–H and O–H groups in total. The molecule has 0 saturated carbocycles. The molecule has 3 heterocycles. The quantitative estimate of drug-likeness (QED) is 0.945. The molecule has 5 nitrogen and oxygen atoms in total. The van der Waals surface area contributed by atoms with Gasteiger partial charge < -0.3 is 15.1 Å². The molecule has 3 rings (SSSR count). The van der Waals surface area contributed by atoms with Gasteiger partial charge in [0.1, 0.15) is 5.69 Å². The number of piperidine rings is 1. The van der Waals surface area contributed by atoms with Crippen molar-refractivity contribution in [2.24, 2.45) is 5.73 Å². The number of nitrogens with two attached hydrogens (primary N) is 1. The van der Waals surface area contributed by atoms with Gasteiger partial charge in [-0.25, -0.2) is 4.98 Å². The molecular weight excluding hydrogens is 290 g/mol. The van der Waals surface area contributed by atoms with Gasteiger partial charge in [-0.3, -0.25) is 4.79 Å². The average Bonchev–Trinajstić information content (AvgIpc) is 3.08. The molecule has 122 valence electrons. The Morgan fingerprint density at radius 3 is 2.87 bits per heavy atom. The lowest BCUT2D eigenvalue weighted by Crippen LogP contribution is -2.51. The van der Waals surface area contributed by atoms with Crippen molar-refractivity contribution in [1.29, 1.82) is 0 Å². The number of hydrogen-bond acceptors (Lipinski definition) is 4. The van der Waals surface area contributed by atoms with Crippen LogP contribution in [0.1, 0.15) is 42.2 Å². The van der Waals surface area contributed by atoms with E-state index in [-0.39, 0.29) is 18.0 Å². The monoisotopic (exact) mass is 313 g/mol. The zero-order valence-corrected chi connectivity index (χ0v) is 13.7. The summed E-state index contributed by atoms with van der Waals surface area (Å²) < 4.78 is 5.37. The van der Waals surface area contributed by atoms with E-state index in [0.29, 0.717) is 11.3 Å². The summed E-state index contributed by atoms with van der Waals surface area (Å²) in [5.41, 5.74) is 8.19. The Morgan fingerprint density at radius 2 is 2.22 bits per heavy atom. The molecule has 5 heteroatoms. The van der Waals surface area contributed by atoms with Crippen LogP contribution in [0.3, 0.4) is 0 Å². The number of aromatic nitrogens is 1. The molecule has 0 spiro atoms. The number of nitrogens with zero attached hydrogens (tertiary/aromatic N) is 2. The Kier molecular flexibility index (Phi) is 4.48. The van der Waals surface area contributed by atoms with Crippen LogP contribution in [-0.2, 0) is 0 Å². The summed E-state index contributed by atoms with van der Waals surface area (Å²) >= 11 is 0. The molecular formula is C18H23N3O2. The van der Waals surface area contributed by atoms with Crippen molar-refractivity contribution in [1.82, 2.24) is 9.88 Å². The van der Waals surface area contributed by atoms with E-state index < -0.39 is 0 Å². The second kappa shape index (κ2) is 6.54. The first-order valence-corrected chi connectivity index (χ1v) is 8.16. The molecule has 1 saturated heterocycles. The number of rotatable bonds is 3. The molecule has 2 atom stereocenters. The molecule has 2 unspecified atom stereocenters. The minimum Gasteiger partial charge on any atom is -0.463 e. The van der Waals surface area contributed by atoms with Crippen LogP contribution in [0.25, 0.3) is 11.5 Å². The lowest BCUT2D eigenvalue weighted by atomic mass is 9.96. The summed E-state index contributed by atoms with van der Waals surface area (Å²) in [6.07, 6.45) is 4.75. The molecule has 1 aliphatic heterocycles. The summed E-state index contributed by atoms with van der Waals surface area (Å²) in [6.45, 7) is 4.61. The number of carbonyl (C=O) groups is 1. The fourth-order valence-electron chi connectivity index (χ4n) is 3.26.